The van der Waals surface area contributed by atoms with E-state index in [1.165, 1.54) is 30.3 Å². The highest BCUT2D eigenvalue weighted by Gasteiger charge is 2.35. The number of alkyl halides is 3. The number of hydrogen-bond acceptors (Lipinski definition) is 3. The van der Waals surface area contributed by atoms with E-state index in [0.717, 1.165) is 44.2 Å². The van der Waals surface area contributed by atoms with Crippen molar-refractivity contribution < 1.29 is 37.0 Å². The zero-order chi connectivity index (χ0) is 24.0. The van der Waals surface area contributed by atoms with Gasteiger partial charge < -0.3 is 15.2 Å². The molecular weight excluding hydrogens is 442 g/mol. The lowest BCUT2D eigenvalue weighted by molar-refractivity contribution is -0.140. The second kappa shape index (κ2) is 10.5. The monoisotopic (exact) mass is 465 g/mol. The maximum absolute atomic E-state index is 14.1. The molecule has 1 aliphatic rings. The molecule has 2 N–H and O–H groups in total. The summed E-state index contributed by atoms with van der Waals surface area (Å²) in [7, 11) is 0. The summed E-state index contributed by atoms with van der Waals surface area (Å²) in [6.45, 7) is 0. The zero-order valence-corrected chi connectivity index (χ0v) is 17.6. The van der Waals surface area contributed by atoms with Crippen molar-refractivity contribution >= 4 is 18.0 Å². The van der Waals surface area contributed by atoms with Gasteiger partial charge in [0.05, 0.1) is 5.56 Å². The lowest BCUT2D eigenvalue weighted by atomic mass is 10.0. The number of benzene rings is 2. The molecule has 0 saturated heterocycles. The Hall–Kier alpha value is -3.36. The first-order valence-electron chi connectivity index (χ1n) is 10.5. The Balaban J connectivity index is 1.66. The molecule has 5 nitrogen and oxygen atoms in total. The van der Waals surface area contributed by atoms with E-state index in [1.807, 2.05) is 0 Å². The Kier molecular flexibility index (Phi) is 7.73. The first-order chi connectivity index (χ1) is 15.6. The number of carbonyl (C=O) groups excluding carboxylic acids is 1. The standard InChI is InChI=1S/C24H23F4NO4/c25-22-18(24(26,27)28)6-3-7-20(22)33-17-11-8-16(9-12-17)14-19(23(31)32)29-21(30)13-10-15-4-1-2-5-15/h3,6-9,11-12,14-15H,1-2,4-5,10,13H2,(H,29,30)(H,31,32)/b19-14+. The number of hydrogen-bond donors (Lipinski definition) is 2. The van der Waals surface area contributed by atoms with Crippen molar-refractivity contribution in [2.75, 3.05) is 0 Å². The number of halogens is 4. The van der Waals surface area contributed by atoms with E-state index >= 15 is 0 Å². The summed E-state index contributed by atoms with van der Waals surface area (Å²) in [6, 6.07) is 8.31. The van der Waals surface area contributed by atoms with Gasteiger partial charge in [0.15, 0.2) is 11.6 Å². The van der Waals surface area contributed by atoms with E-state index in [-0.39, 0.29) is 23.8 Å². The summed E-state index contributed by atoms with van der Waals surface area (Å²) in [5.41, 5.74) is -1.33. The van der Waals surface area contributed by atoms with E-state index in [2.05, 4.69) is 5.32 Å². The Labute approximate surface area is 188 Å². The number of carbonyl (C=O) groups is 2. The molecule has 9 heteroatoms. The molecule has 2 aromatic carbocycles. The van der Waals surface area contributed by atoms with Crippen molar-refractivity contribution in [3.05, 3.63) is 65.1 Å². The van der Waals surface area contributed by atoms with Gasteiger partial charge in [-0.15, -0.1) is 0 Å². The van der Waals surface area contributed by atoms with Gasteiger partial charge in [-0.05, 0) is 48.2 Å². The highest BCUT2D eigenvalue weighted by molar-refractivity contribution is 5.96. The minimum absolute atomic E-state index is 0.0582. The third kappa shape index (κ3) is 6.81. The molecule has 0 atom stereocenters. The van der Waals surface area contributed by atoms with E-state index in [0.29, 0.717) is 17.5 Å². The first-order valence-corrected chi connectivity index (χ1v) is 10.5. The average Bonchev–Trinajstić information content (AvgIpc) is 3.27. The smallest absolute Gasteiger partial charge is 0.419 e. The number of carboxylic acids is 1. The van der Waals surface area contributed by atoms with E-state index in [9.17, 15) is 32.3 Å². The van der Waals surface area contributed by atoms with Gasteiger partial charge in [-0.25, -0.2) is 9.18 Å². The van der Waals surface area contributed by atoms with Crippen LogP contribution in [0.5, 0.6) is 11.5 Å². The van der Waals surface area contributed by atoms with Crippen LogP contribution in [0.15, 0.2) is 48.2 Å². The van der Waals surface area contributed by atoms with Gasteiger partial charge in [0.25, 0.3) is 0 Å². The average molecular weight is 465 g/mol. The summed E-state index contributed by atoms with van der Waals surface area (Å²) in [5, 5.41) is 11.8. The van der Waals surface area contributed by atoms with Crippen LogP contribution >= 0.6 is 0 Å². The maximum atomic E-state index is 14.1. The number of aliphatic carboxylic acids is 1. The van der Waals surface area contributed by atoms with Crippen molar-refractivity contribution in [1.29, 1.82) is 0 Å². The molecule has 0 unspecified atom stereocenters. The van der Waals surface area contributed by atoms with Crippen molar-refractivity contribution in [2.24, 2.45) is 5.92 Å². The summed E-state index contributed by atoms with van der Waals surface area (Å²) in [5.74, 6) is -3.24. The van der Waals surface area contributed by atoms with Gasteiger partial charge >= 0.3 is 12.1 Å². The summed E-state index contributed by atoms with van der Waals surface area (Å²) >= 11 is 0. The molecule has 33 heavy (non-hydrogen) atoms. The molecule has 0 bridgehead atoms. The summed E-state index contributed by atoms with van der Waals surface area (Å²) in [4.78, 5) is 23.7. The molecule has 1 fully saturated rings. The molecule has 1 aliphatic carbocycles. The first kappa shape index (κ1) is 24.3. The molecule has 3 rings (SSSR count). The molecule has 0 heterocycles. The normalized spacial score (nSPS) is 14.8. The molecule has 0 aromatic heterocycles. The van der Waals surface area contributed by atoms with Crippen LogP contribution in [-0.2, 0) is 15.8 Å². The Morgan fingerprint density at radius 2 is 1.76 bits per heavy atom. The minimum atomic E-state index is -4.85. The lowest BCUT2D eigenvalue weighted by Crippen LogP contribution is -2.27. The topological polar surface area (TPSA) is 75.6 Å². The number of ether oxygens (including phenoxy) is 1. The van der Waals surface area contributed by atoms with Crippen LogP contribution < -0.4 is 10.1 Å². The molecular formula is C24H23F4NO4. The lowest BCUT2D eigenvalue weighted by Gasteiger charge is -2.12. The summed E-state index contributed by atoms with van der Waals surface area (Å²) < 4.78 is 57.9. The van der Waals surface area contributed by atoms with Crippen LogP contribution in [-0.4, -0.2) is 17.0 Å². The predicted octanol–water partition coefficient (Wildman–Crippen LogP) is 6.15. The van der Waals surface area contributed by atoms with Crippen molar-refractivity contribution in [3.8, 4) is 11.5 Å². The van der Waals surface area contributed by atoms with Gasteiger partial charge in [-0.1, -0.05) is 43.9 Å². The number of carboxylic acid groups (broad SMARTS) is 1. The van der Waals surface area contributed by atoms with Crippen LogP contribution in [0.25, 0.3) is 6.08 Å². The van der Waals surface area contributed by atoms with Gasteiger partial charge in [-0.2, -0.15) is 13.2 Å². The number of amides is 1. The number of rotatable bonds is 8. The van der Waals surface area contributed by atoms with E-state index < -0.39 is 29.3 Å². The Bertz CT molecular complexity index is 1030. The van der Waals surface area contributed by atoms with Gasteiger partial charge in [0.1, 0.15) is 11.4 Å². The van der Waals surface area contributed by atoms with Crippen LogP contribution in [0.3, 0.4) is 0 Å². The second-order valence-electron chi connectivity index (χ2n) is 7.89. The molecule has 1 amide bonds. The fourth-order valence-corrected chi connectivity index (χ4v) is 3.73. The van der Waals surface area contributed by atoms with E-state index in [1.54, 1.807) is 0 Å². The highest BCUT2D eigenvalue weighted by atomic mass is 19.4. The molecule has 0 radical (unpaired) electrons. The highest BCUT2D eigenvalue weighted by Crippen LogP contribution is 2.36. The van der Waals surface area contributed by atoms with Crippen molar-refractivity contribution in [1.82, 2.24) is 5.32 Å². The Morgan fingerprint density at radius 1 is 1.09 bits per heavy atom. The summed E-state index contributed by atoms with van der Waals surface area (Å²) in [6.07, 6.45) is 1.86. The Morgan fingerprint density at radius 3 is 2.36 bits per heavy atom. The zero-order valence-electron chi connectivity index (χ0n) is 17.6. The van der Waals surface area contributed by atoms with Crippen LogP contribution in [0.1, 0.15) is 49.7 Å². The van der Waals surface area contributed by atoms with Crippen molar-refractivity contribution in [3.63, 3.8) is 0 Å². The third-order valence-electron chi connectivity index (χ3n) is 5.45. The largest absolute Gasteiger partial charge is 0.477 e. The van der Waals surface area contributed by atoms with Gasteiger partial charge in [0.2, 0.25) is 5.91 Å². The van der Waals surface area contributed by atoms with E-state index in [4.69, 9.17) is 4.74 Å². The van der Waals surface area contributed by atoms with Gasteiger partial charge in [-0.3, -0.25) is 4.79 Å². The van der Waals surface area contributed by atoms with Gasteiger partial charge in [0, 0.05) is 6.42 Å². The molecule has 0 aliphatic heterocycles. The fraction of sp³-hybridized carbons (Fsp3) is 0.333. The SMILES string of the molecule is O=C(CCC1CCCC1)N/C(=C/c1ccc(Oc2cccc(C(F)(F)F)c2F)cc1)C(=O)O. The quantitative estimate of drug-likeness (QED) is 0.362. The van der Waals surface area contributed by atoms with Crippen LogP contribution in [0.2, 0.25) is 0 Å². The number of nitrogens with one attached hydrogen (secondary N) is 1. The van der Waals surface area contributed by atoms with Crippen LogP contribution in [0, 0.1) is 11.7 Å². The van der Waals surface area contributed by atoms with Crippen LogP contribution in [0.4, 0.5) is 17.6 Å². The predicted molar refractivity (Wildman–Crippen MR) is 113 cm³/mol. The molecule has 0 spiro atoms. The third-order valence-corrected chi connectivity index (χ3v) is 5.45. The second-order valence-corrected chi connectivity index (χ2v) is 7.89. The molecule has 1 saturated carbocycles. The fourth-order valence-electron chi connectivity index (χ4n) is 3.73. The minimum Gasteiger partial charge on any atom is -0.477 e. The van der Waals surface area contributed by atoms with Crippen molar-refractivity contribution in [2.45, 2.75) is 44.7 Å². The molecule has 176 valence electrons. The molecule has 2 aromatic rings. The maximum Gasteiger partial charge on any atom is 0.419 e.